The van der Waals surface area contributed by atoms with Crippen molar-refractivity contribution in [1.29, 1.82) is 5.26 Å². The molecule has 2 fully saturated rings. The smallest absolute Gasteiger partial charge is 0.109 e. The zero-order valence-corrected chi connectivity index (χ0v) is 17.1. The van der Waals surface area contributed by atoms with Gasteiger partial charge >= 0.3 is 0 Å². The van der Waals surface area contributed by atoms with Gasteiger partial charge in [0.2, 0.25) is 0 Å². The molecule has 4 rings (SSSR count). The van der Waals surface area contributed by atoms with Gasteiger partial charge in [-0.05, 0) is 59.9 Å². The van der Waals surface area contributed by atoms with E-state index < -0.39 is 18.3 Å². The SMILES string of the molecule is CC[C@H]1O[C@@H](c2ccc(C#N)c(Cc3ccc(C4CC4)cc3)c2)[C@H](O)[C@@H](C)[C@@H]1O. The van der Waals surface area contributed by atoms with Crippen molar-refractivity contribution in [3.63, 3.8) is 0 Å². The Morgan fingerprint density at radius 1 is 1.03 bits per heavy atom. The molecule has 0 bridgehead atoms. The highest BCUT2D eigenvalue weighted by molar-refractivity contribution is 5.44. The van der Waals surface area contributed by atoms with E-state index >= 15 is 0 Å². The summed E-state index contributed by atoms with van der Waals surface area (Å²) in [5.74, 6) is 0.462. The molecule has 0 radical (unpaired) electrons. The van der Waals surface area contributed by atoms with Crippen LogP contribution in [0.25, 0.3) is 0 Å². The van der Waals surface area contributed by atoms with Gasteiger partial charge in [0.05, 0.1) is 29.9 Å². The van der Waals surface area contributed by atoms with Crippen LogP contribution >= 0.6 is 0 Å². The highest BCUT2D eigenvalue weighted by atomic mass is 16.5. The Labute approximate surface area is 172 Å². The van der Waals surface area contributed by atoms with Gasteiger partial charge in [0.15, 0.2) is 0 Å². The van der Waals surface area contributed by atoms with Crippen LogP contribution in [0.3, 0.4) is 0 Å². The Morgan fingerprint density at radius 3 is 2.34 bits per heavy atom. The van der Waals surface area contributed by atoms with E-state index in [1.54, 1.807) is 0 Å². The predicted octanol–water partition coefficient (Wildman–Crippen LogP) is 4.23. The fourth-order valence-corrected chi connectivity index (χ4v) is 4.37. The molecule has 1 saturated heterocycles. The number of aliphatic hydroxyl groups excluding tert-OH is 2. The van der Waals surface area contributed by atoms with Gasteiger partial charge in [0.25, 0.3) is 0 Å². The minimum Gasteiger partial charge on any atom is -0.390 e. The average molecular weight is 392 g/mol. The minimum atomic E-state index is -0.786. The molecular formula is C25H29NO3. The van der Waals surface area contributed by atoms with Gasteiger partial charge in [-0.3, -0.25) is 0 Å². The zero-order chi connectivity index (χ0) is 20.5. The summed E-state index contributed by atoms with van der Waals surface area (Å²) in [4.78, 5) is 0. The minimum absolute atomic E-state index is 0.271. The predicted molar refractivity (Wildman–Crippen MR) is 111 cm³/mol. The summed E-state index contributed by atoms with van der Waals surface area (Å²) >= 11 is 0. The van der Waals surface area contributed by atoms with Crippen molar-refractivity contribution in [2.45, 2.75) is 69.9 Å². The number of rotatable bonds is 5. The Kier molecular flexibility index (Phi) is 5.74. The summed E-state index contributed by atoms with van der Waals surface area (Å²) in [6.45, 7) is 3.84. The van der Waals surface area contributed by atoms with E-state index in [2.05, 4.69) is 30.3 Å². The van der Waals surface area contributed by atoms with Crippen LogP contribution in [-0.4, -0.2) is 28.5 Å². The fraction of sp³-hybridized carbons (Fsp3) is 0.480. The first-order valence-electron chi connectivity index (χ1n) is 10.6. The molecule has 2 aliphatic rings. The lowest BCUT2D eigenvalue weighted by molar-refractivity contribution is -0.199. The van der Waals surface area contributed by atoms with E-state index in [9.17, 15) is 15.5 Å². The van der Waals surface area contributed by atoms with E-state index in [0.717, 1.165) is 17.0 Å². The summed E-state index contributed by atoms with van der Waals surface area (Å²) in [5.41, 5.74) is 5.01. The quantitative estimate of drug-likeness (QED) is 0.800. The summed E-state index contributed by atoms with van der Waals surface area (Å²) in [6.07, 6.45) is 1.67. The van der Waals surface area contributed by atoms with Gasteiger partial charge in [0.1, 0.15) is 6.10 Å². The standard InChI is InChI=1S/C25H29NO3/c1-3-22-23(27)15(2)24(28)25(29-22)19-10-11-20(14-26)21(13-19)12-16-4-6-17(7-5-16)18-8-9-18/h4-7,10-11,13,15,18,22-25,27-28H,3,8-9,12H2,1-2H3/t15-,22+,23-,24+,25-/m0/s1. The lowest BCUT2D eigenvalue weighted by Gasteiger charge is -2.41. The average Bonchev–Trinajstić information content (AvgIpc) is 3.58. The second kappa shape index (κ2) is 8.28. The van der Waals surface area contributed by atoms with E-state index in [1.807, 2.05) is 32.0 Å². The maximum Gasteiger partial charge on any atom is 0.109 e. The topological polar surface area (TPSA) is 73.5 Å². The third-order valence-corrected chi connectivity index (χ3v) is 6.49. The monoisotopic (exact) mass is 391 g/mol. The first kappa shape index (κ1) is 20.1. The molecular weight excluding hydrogens is 362 g/mol. The molecule has 4 nitrogen and oxygen atoms in total. The van der Waals surface area contributed by atoms with Crippen LogP contribution in [0.15, 0.2) is 42.5 Å². The largest absolute Gasteiger partial charge is 0.390 e. The van der Waals surface area contributed by atoms with E-state index in [1.165, 1.54) is 24.0 Å². The molecule has 1 heterocycles. The molecule has 0 amide bonds. The number of nitriles is 1. The van der Waals surface area contributed by atoms with Crippen molar-refractivity contribution in [3.05, 3.63) is 70.3 Å². The maximum atomic E-state index is 10.7. The molecule has 4 heteroatoms. The highest BCUT2D eigenvalue weighted by Crippen LogP contribution is 2.40. The summed E-state index contributed by atoms with van der Waals surface area (Å²) in [6, 6.07) is 16.7. The van der Waals surface area contributed by atoms with Crippen LogP contribution in [0, 0.1) is 17.2 Å². The van der Waals surface area contributed by atoms with Gasteiger partial charge in [-0.1, -0.05) is 50.2 Å². The molecule has 1 saturated carbocycles. The van der Waals surface area contributed by atoms with Crippen LogP contribution < -0.4 is 0 Å². The number of aliphatic hydroxyl groups is 2. The zero-order valence-electron chi connectivity index (χ0n) is 17.1. The van der Waals surface area contributed by atoms with Gasteiger partial charge < -0.3 is 14.9 Å². The van der Waals surface area contributed by atoms with Gasteiger partial charge in [0, 0.05) is 5.92 Å². The third kappa shape index (κ3) is 4.09. The van der Waals surface area contributed by atoms with E-state index in [0.29, 0.717) is 18.4 Å². The van der Waals surface area contributed by atoms with Crippen LogP contribution in [0.5, 0.6) is 0 Å². The molecule has 2 aromatic carbocycles. The van der Waals surface area contributed by atoms with Crippen molar-refractivity contribution >= 4 is 0 Å². The maximum absolute atomic E-state index is 10.7. The highest BCUT2D eigenvalue weighted by Gasteiger charge is 2.41. The molecule has 29 heavy (non-hydrogen) atoms. The van der Waals surface area contributed by atoms with Crippen molar-refractivity contribution in [2.75, 3.05) is 0 Å². The molecule has 1 aliphatic carbocycles. The fourth-order valence-electron chi connectivity index (χ4n) is 4.37. The Bertz CT molecular complexity index is 895. The first-order chi connectivity index (χ1) is 14.0. The normalized spacial score (nSPS) is 29.4. The second-order valence-corrected chi connectivity index (χ2v) is 8.56. The van der Waals surface area contributed by atoms with Crippen LogP contribution in [0.2, 0.25) is 0 Å². The molecule has 1 aliphatic heterocycles. The first-order valence-corrected chi connectivity index (χ1v) is 10.6. The summed E-state index contributed by atoms with van der Waals surface area (Å²) in [7, 11) is 0. The van der Waals surface area contributed by atoms with Crippen molar-refractivity contribution < 1.29 is 14.9 Å². The Morgan fingerprint density at radius 2 is 1.72 bits per heavy atom. The molecule has 0 unspecified atom stereocenters. The molecule has 0 aromatic heterocycles. The van der Waals surface area contributed by atoms with Crippen molar-refractivity contribution in [2.24, 2.45) is 5.92 Å². The number of benzene rings is 2. The Balaban J connectivity index is 1.60. The van der Waals surface area contributed by atoms with Gasteiger partial charge in [-0.15, -0.1) is 0 Å². The number of hydrogen-bond donors (Lipinski definition) is 2. The number of nitrogens with zero attached hydrogens (tertiary/aromatic N) is 1. The molecule has 152 valence electrons. The summed E-state index contributed by atoms with van der Waals surface area (Å²) < 4.78 is 6.06. The van der Waals surface area contributed by atoms with Gasteiger partial charge in [-0.2, -0.15) is 5.26 Å². The molecule has 0 spiro atoms. The van der Waals surface area contributed by atoms with Gasteiger partial charge in [-0.25, -0.2) is 0 Å². The molecule has 2 aromatic rings. The van der Waals surface area contributed by atoms with E-state index in [-0.39, 0.29) is 12.0 Å². The van der Waals surface area contributed by atoms with Crippen LogP contribution in [-0.2, 0) is 11.2 Å². The Hall–Kier alpha value is -2.19. The van der Waals surface area contributed by atoms with Crippen LogP contribution in [0.4, 0.5) is 0 Å². The molecule has 2 N–H and O–H groups in total. The number of hydrogen-bond acceptors (Lipinski definition) is 4. The third-order valence-electron chi connectivity index (χ3n) is 6.49. The lowest BCUT2D eigenvalue weighted by atomic mass is 9.83. The van der Waals surface area contributed by atoms with Crippen molar-refractivity contribution in [1.82, 2.24) is 0 Å². The van der Waals surface area contributed by atoms with Crippen LogP contribution in [0.1, 0.15) is 72.9 Å². The summed E-state index contributed by atoms with van der Waals surface area (Å²) in [5, 5.41) is 30.6. The second-order valence-electron chi connectivity index (χ2n) is 8.56. The number of ether oxygens (including phenoxy) is 1. The lowest BCUT2D eigenvalue weighted by Crippen LogP contribution is -2.49. The van der Waals surface area contributed by atoms with E-state index in [4.69, 9.17) is 4.74 Å². The molecule has 5 atom stereocenters. The van der Waals surface area contributed by atoms with Crippen molar-refractivity contribution in [3.8, 4) is 6.07 Å².